The first-order valence-corrected chi connectivity index (χ1v) is 6.82. The minimum atomic E-state index is -5.17. The number of nitrogens with one attached hydrogen (secondary N) is 1. The minimum absolute atomic E-state index is 0. The van der Waals surface area contributed by atoms with E-state index in [1.807, 2.05) is 0 Å². The predicted molar refractivity (Wildman–Crippen MR) is 72.3 cm³/mol. The van der Waals surface area contributed by atoms with Crippen LogP contribution in [0.5, 0.6) is 5.75 Å². The van der Waals surface area contributed by atoms with Gasteiger partial charge in [-0.05, 0) is 24.7 Å². The van der Waals surface area contributed by atoms with E-state index in [1.54, 1.807) is 6.92 Å². The Morgan fingerprint density at radius 3 is 2.50 bits per heavy atom. The van der Waals surface area contributed by atoms with Crippen molar-refractivity contribution in [2.75, 3.05) is 0 Å². The van der Waals surface area contributed by atoms with Crippen LogP contribution in [-0.4, -0.2) is 38.9 Å². The zero-order chi connectivity index (χ0) is 16.6. The molecule has 0 saturated carbocycles. The summed E-state index contributed by atoms with van der Waals surface area (Å²) < 4.78 is 34.1. The number of pyridine rings is 1. The van der Waals surface area contributed by atoms with Gasteiger partial charge >= 0.3 is 17.1 Å². The van der Waals surface area contributed by atoms with E-state index in [1.165, 1.54) is 12.4 Å². The fourth-order valence-corrected chi connectivity index (χ4v) is 1.12. The van der Waals surface area contributed by atoms with Crippen molar-refractivity contribution in [2.45, 2.75) is 13.5 Å². The van der Waals surface area contributed by atoms with Crippen molar-refractivity contribution < 1.29 is 44.8 Å². The third-order valence-corrected chi connectivity index (χ3v) is 1.96. The molecule has 1 aromatic heterocycles. The zero-order valence-corrected chi connectivity index (χ0v) is 13.7. The van der Waals surface area contributed by atoms with Gasteiger partial charge < -0.3 is 25.1 Å². The van der Waals surface area contributed by atoms with Crippen molar-refractivity contribution in [3.63, 3.8) is 0 Å². The van der Waals surface area contributed by atoms with Crippen LogP contribution < -0.4 is 16.3 Å². The van der Waals surface area contributed by atoms with Crippen LogP contribution in [0.2, 0.25) is 0 Å². The molecule has 0 saturated heterocycles. The average molecular weight is 391 g/mol. The third-order valence-electron chi connectivity index (χ3n) is 1.87. The number of nitrogens with two attached hydrogens (primary N) is 1. The molecule has 0 aliphatic rings. The molecule has 1 heterocycles. The predicted octanol–water partition coefficient (Wildman–Crippen LogP) is -2.22. The van der Waals surface area contributed by atoms with Crippen molar-refractivity contribution in [3.8, 4) is 5.75 Å². The molecule has 0 aliphatic carbocycles. The topological polar surface area (TPSA) is 187 Å². The Kier molecular flexibility index (Phi) is 10.8. The molecule has 4 N–H and O–H groups in total. The number of hydrogen-bond acceptors (Lipinski definition) is 9. The standard InChI is InChI=1S/C9H12N4O2S.Fe.H2O4S/c1-5-8(15)7(3-12-13-9(10)16)6(4-14)2-11-5;;1-5(2,3)4/h2-3,14-15H,4H2,1H3,(H3,10,13,16);;(H2,1,2,3,4)/q;+3;/p-3/b12-3+;;. The quantitative estimate of drug-likeness (QED) is 0.127. The van der Waals surface area contributed by atoms with Crippen LogP contribution in [0, 0.1) is 6.92 Å². The summed E-state index contributed by atoms with van der Waals surface area (Å²) in [4.78, 5) is 3.85. The van der Waals surface area contributed by atoms with Crippen LogP contribution >= 0.6 is 12.2 Å². The molecule has 0 amide bonds. The summed E-state index contributed by atoms with van der Waals surface area (Å²) in [6.07, 6.45) is 2.70. The SMILES string of the molecule is Cc1ncc(CO)c(/C=N/NC(N)=S)c1[O-].O=S(=O)([O-])[O-].[Fe+3]. The average Bonchev–Trinajstić information content (AvgIpc) is 2.32. The van der Waals surface area contributed by atoms with Crippen molar-refractivity contribution >= 4 is 33.9 Å². The van der Waals surface area contributed by atoms with Crippen LogP contribution in [0.15, 0.2) is 11.3 Å². The summed E-state index contributed by atoms with van der Waals surface area (Å²) in [7, 11) is -5.17. The van der Waals surface area contributed by atoms with E-state index in [0.29, 0.717) is 11.3 Å². The molecule has 1 radical (unpaired) electrons. The molecule has 0 spiro atoms. The van der Waals surface area contributed by atoms with E-state index >= 15 is 0 Å². The number of aromatic nitrogens is 1. The molecule has 10 nitrogen and oxygen atoms in total. The molecule has 13 heteroatoms. The summed E-state index contributed by atoms with van der Waals surface area (Å²) in [5.74, 6) is -0.278. The maximum atomic E-state index is 11.7. The Bertz CT molecular complexity index is 629. The van der Waals surface area contributed by atoms with E-state index in [0.717, 1.165) is 0 Å². The largest absolute Gasteiger partial charge is 3.00 e. The van der Waals surface area contributed by atoms with Gasteiger partial charge in [0.2, 0.25) is 0 Å². The first-order valence-electron chi connectivity index (χ1n) is 5.07. The number of hydrogen-bond donors (Lipinski definition) is 3. The van der Waals surface area contributed by atoms with Crippen molar-refractivity contribution in [1.82, 2.24) is 10.4 Å². The van der Waals surface area contributed by atoms with E-state index in [9.17, 15) is 5.11 Å². The number of aliphatic hydroxyl groups excluding tert-OH is 1. The molecule has 0 aromatic carbocycles. The van der Waals surface area contributed by atoms with Gasteiger partial charge in [-0.2, -0.15) is 5.10 Å². The van der Waals surface area contributed by atoms with Crippen LogP contribution in [0.25, 0.3) is 0 Å². The van der Waals surface area contributed by atoms with Crippen molar-refractivity contribution in [3.05, 3.63) is 23.0 Å². The Balaban J connectivity index is 0. The molecule has 22 heavy (non-hydrogen) atoms. The fraction of sp³-hybridized carbons (Fsp3) is 0.222. The maximum Gasteiger partial charge on any atom is 3.00 e. The minimum Gasteiger partial charge on any atom is -0.871 e. The molecular weight excluding hydrogens is 380 g/mol. The van der Waals surface area contributed by atoms with E-state index in [-0.39, 0.29) is 40.1 Å². The summed E-state index contributed by atoms with van der Waals surface area (Å²) in [6.45, 7) is 1.30. The van der Waals surface area contributed by atoms with Gasteiger partial charge in [0.05, 0.1) is 12.8 Å². The summed E-state index contributed by atoms with van der Waals surface area (Å²) >= 11 is 4.54. The van der Waals surface area contributed by atoms with E-state index < -0.39 is 10.4 Å². The number of nitrogens with zero attached hydrogens (tertiary/aromatic N) is 2. The normalized spacial score (nSPS) is 10.4. The van der Waals surface area contributed by atoms with E-state index in [4.69, 9.17) is 28.4 Å². The van der Waals surface area contributed by atoms with Gasteiger partial charge in [0.25, 0.3) is 0 Å². The Hall–Kier alpha value is -1.34. The molecule has 123 valence electrons. The van der Waals surface area contributed by atoms with Gasteiger partial charge in [-0.3, -0.25) is 18.8 Å². The van der Waals surface area contributed by atoms with Crippen LogP contribution in [0.4, 0.5) is 0 Å². The number of aryl methyl sites for hydroxylation is 1. The third kappa shape index (κ3) is 10.4. The number of rotatable bonds is 3. The second-order valence-corrected chi connectivity index (χ2v) is 4.67. The molecule has 1 aromatic rings. The van der Waals surface area contributed by atoms with Crippen molar-refractivity contribution in [1.29, 1.82) is 0 Å². The van der Waals surface area contributed by atoms with Gasteiger partial charge in [-0.1, -0.05) is 5.75 Å². The Morgan fingerprint density at radius 2 is 2.09 bits per heavy atom. The monoisotopic (exact) mass is 391 g/mol. The van der Waals surface area contributed by atoms with E-state index in [2.05, 4.69) is 27.7 Å². The van der Waals surface area contributed by atoms with Gasteiger partial charge in [0, 0.05) is 27.9 Å². The molecule has 0 unspecified atom stereocenters. The smallest absolute Gasteiger partial charge is 0.871 e. The fourth-order valence-electron chi connectivity index (χ4n) is 1.07. The molecule has 0 atom stereocenters. The van der Waals surface area contributed by atoms with Crippen LogP contribution in [0.3, 0.4) is 0 Å². The van der Waals surface area contributed by atoms with Gasteiger partial charge in [0.15, 0.2) is 5.11 Å². The zero-order valence-electron chi connectivity index (χ0n) is 11.0. The number of aliphatic hydroxyl groups is 1. The molecule has 1 rings (SSSR count). The second kappa shape index (κ2) is 10.4. The first kappa shape index (κ1) is 22.9. The second-order valence-electron chi connectivity index (χ2n) is 3.41. The molecule has 0 fully saturated rings. The Labute approximate surface area is 142 Å². The van der Waals surface area contributed by atoms with Gasteiger partial charge in [-0.25, -0.2) is 0 Å². The Morgan fingerprint density at radius 1 is 1.59 bits per heavy atom. The molecular formula is C9H11FeN4O6S2. The molecule has 0 aliphatic heterocycles. The van der Waals surface area contributed by atoms with Crippen LogP contribution in [0.1, 0.15) is 16.8 Å². The van der Waals surface area contributed by atoms with Crippen molar-refractivity contribution in [2.24, 2.45) is 10.8 Å². The number of thiocarbonyl (C=S) groups is 1. The molecule has 0 bridgehead atoms. The number of hydrazone groups is 1. The summed E-state index contributed by atoms with van der Waals surface area (Å²) in [6, 6.07) is 0. The van der Waals surface area contributed by atoms with Crippen LogP contribution in [-0.2, 0) is 34.1 Å². The maximum absolute atomic E-state index is 11.7. The first-order chi connectivity index (χ1) is 9.56. The summed E-state index contributed by atoms with van der Waals surface area (Å²) in [5, 5.41) is 24.4. The van der Waals surface area contributed by atoms with Gasteiger partial charge in [0.1, 0.15) is 0 Å². The summed E-state index contributed by atoms with van der Waals surface area (Å²) in [5.41, 5.74) is 8.52. The van der Waals surface area contributed by atoms with Gasteiger partial charge in [-0.15, -0.1) is 0 Å².